The Labute approximate surface area is 362 Å². The number of carboxylic acids is 4. The topological polar surface area (TPSA) is 440 Å². The first-order chi connectivity index (χ1) is 29.1. The summed E-state index contributed by atoms with van der Waals surface area (Å²) in [7, 11) is 0. The Bertz CT molecular complexity index is 1580. The van der Waals surface area contributed by atoms with Gasteiger partial charge in [0, 0.05) is 13.0 Å². The van der Waals surface area contributed by atoms with Gasteiger partial charge >= 0.3 is 23.9 Å². The first-order valence-corrected chi connectivity index (χ1v) is 21.2. The van der Waals surface area contributed by atoms with Crippen molar-refractivity contribution in [3.63, 3.8) is 0 Å². The average Bonchev–Trinajstić information content (AvgIpc) is 3.18. The van der Waals surface area contributed by atoms with E-state index >= 15 is 0 Å². The lowest BCUT2D eigenvalue weighted by molar-refractivity contribution is -0.147. The smallest absolute Gasteiger partial charge is 0.326 e. The second-order valence-electron chi connectivity index (χ2n) is 14.3. The number of aliphatic imine (C=N–C) groups is 1. The van der Waals surface area contributed by atoms with Gasteiger partial charge in [-0.25, -0.2) is 4.79 Å². The Hall–Kier alpha value is -5.76. The Morgan fingerprint density at radius 2 is 1.06 bits per heavy atom. The number of carbonyl (C=O) groups excluding carboxylic acids is 6. The number of carbonyl (C=O) groups is 10. The predicted octanol–water partition coefficient (Wildman–Crippen LogP) is -3.90. The van der Waals surface area contributed by atoms with E-state index in [1.807, 2.05) is 0 Å². The first kappa shape index (κ1) is 56.2. The van der Waals surface area contributed by atoms with Crippen LogP contribution in [0.5, 0.6) is 0 Å². The minimum Gasteiger partial charge on any atom is -0.481 e. The molecular weight excluding hydrogens is 843 g/mol. The SMILES string of the molecule is CCC(C)C(NC(=O)C(CCSC)NC(=O)C(N)CC(=O)O)C(=O)NC(CCCN=C(N)N)C(=O)NC(CCC(=O)O)C(=O)NC(CCCCN)C(=O)NC(CC(=O)O)C(=O)O. The average molecular weight is 906 g/mol. The van der Waals surface area contributed by atoms with Crippen LogP contribution in [0.25, 0.3) is 0 Å². The third kappa shape index (κ3) is 23.3. The molecule has 0 bridgehead atoms. The minimum atomic E-state index is -1.87. The second-order valence-corrected chi connectivity index (χ2v) is 15.3. The maximum Gasteiger partial charge on any atom is 0.326 e. The zero-order chi connectivity index (χ0) is 47.5. The highest BCUT2D eigenvalue weighted by atomic mass is 32.2. The number of nitrogens with one attached hydrogen (secondary N) is 6. The normalized spacial score (nSPS) is 14.7. The van der Waals surface area contributed by atoms with Crippen LogP contribution in [-0.4, -0.2) is 153 Å². The molecule has 0 fully saturated rings. The third-order valence-corrected chi connectivity index (χ3v) is 9.84. The van der Waals surface area contributed by atoms with Crippen molar-refractivity contribution in [2.45, 2.75) is 127 Å². The van der Waals surface area contributed by atoms with Gasteiger partial charge in [0.15, 0.2) is 5.96 Å². The highest BCUT2D eigenvalue weighted by molar-refractivity contribution is 7.98. The molecule has 0 aliphatic rings. The van der Waals surface area contributed by atoms with Crippen LogP contribution in [0.1, 0.15) is 84.5 Å². The van der Waals surface area contributed by atoms with Crippen molar-refractivity contribution < 1.29 is 68.4 Å². The van der Waals surface area contributed by atoms with Gasteiger partial charge in [-0.2, -0.15) is 11.8 Å². The summed E-state index contributed by atoms with van der Waals surface area (Å²) in [5.74, 6) is -12.1. The van der Waals surface area contributed by atoms with Gasteiger partial charge in [-0.1, -0.05) is 20.3 Å². The van der Waals surface area contributed by atoms with Crippen molar-refractivity contribution in [1.29, 1.82) is 0 Å². The molecule has 0 aromatic carbocycles. The maximum atomic E-state index is 14.0. The Morgan fingerprint density at radius 1 is 0.597 bits per heavy atom. The fourth-order valence-electron chi connectivity index (χ4n) is 5.54. The number of carboxylic acid groups (broad SMARTS) is 4. The van der Waals surface area contributed by atoms with Gasteiger partial charge in [0.2, 0.25) is 35.4 Å². The van der Waals surface area contributed by atoms with Gasteiger partial charge in [0.25, 0.3) is 0 Å². The van der Waals surface area contributed by atoms with Gasteiger partial charge in [-0.05, 0) is 69.4 Å². The molecule has 8 atom stereocenters. The van der Waals surface area contributed by atoms with E-state index in [2.05, 4.69) is 36.9 Å². The lowest BCUT2D eigenvalue weighted by Gasteiger charge is -2.29. The summed E-state index contributed by atoms with van der Waals surface area (Å²) >= 11 is 1.35. The van der Waals surface area contributed by atoms with Gasteiger partial charge in [-0.15, -0.1) is 0 Å². The zero-order valence-corrected chi connectivity index (χ0v) is 35.9. The second kappa shape index (κ2) is 30.3. The summed E-state index contributed by atoms with van der Waals surface area (Å²) in [4.78, 5) is 130. The van der Waals surface area contributed by atoms with E-state index in [9.17, 15) is 58.2 Å². The molecule has 6 amide bonds. The fourth-order valence-corrected chi connectivity index (χ4v) is 6.02. The van der Waals surface area contributed by atoms with Crippen LogP contribution in [0.15, 0.2) is 4.99 Å². The van der Waals surface area contributed by atoms with E-state index in [0.717, 1.165) is 0 Å². The number of nitrogens with two attached hydrogens (primary N) is 4. The van der Waals surface area contributed by atoms with Crippen molar-refractivity contribution in [3.8, 4) is 0 Å². The van der Waals surface area contributed by atoms with Crippen molar-refractivity contribution in [3.05, 3.63) is 0 Å². The maximum absolute atomic E-state index is 14.0. The van der Waals surface area contributed by atoms with Crippen LogP contribution >= 0.6 is 11.8 Å². The zero-order valence-electron chi connectivity index (χ0n) is 35.1. The number of nitrogens with zero attached hydrogens (tertiary/aromatic N) is 1. The summed E-state index contributed by atoms with van der Waals surface area (Å²) in [5.41, 5.74) is 22.1. The van der Waals surface area contributed by atoms with E-state index in [-0.39, 0.29) is 51.2 Å². The number of unbranched alkanes of at least 4 members (excludes halogenated alkanes) is 1. The number of aliphatic carboxylic acids is 4. The molecule has 0 aromatic rings. The molecule has 0 heterocycles. The number of thioether (sulfide) groups is 1. The molecule has 26 heteroatoms. The molecule has 0 rings (SSSR count). The third-order valence-electron chi connectivity index (χ3n) is 9.20. The predicted molar refractivity (Wildman–Crippen MR) is 224 cm³/mol. The molecule has 0 saturated heterocycles. The Morgan fingerprint density at radius 3 is 1.53 bits per heavy atom. The van der Waals surface area contributed by atoms with Crippen LogP contribution in [0.3, 0.4) is 0 Å². The molecule has 0 radical (unpaired) electrons. The monoisotopic (exact) mass is 905 g/mol. The molecule has 8 unspecified atom stereocenters. The molecule has 352 valence electrons. The summed E-state index contributed by atoms with van der Waals surface area (Å²) in [6, 6.07) is -10.5. The fraction of sp³-hybridized carbons (Fsp3) is 0.694. The molecule has 0 aromatic heterocycles. The first-order valence-electron chi connectivity index (χ1n) is 19.8. The lowest BCUT2D eigenvalue weighted by Crippen LogP contribution is -2.60. The van der Waals surface area contributed by atoms with E-state index in [1.165, 1.54) is 11.8 Å². The van der Waals surface area contributed by atoms with E-state index in [4.69, 9.17) is 33.1 Å². The van der Waals surface area contributed by atoms with Crippen molar-refractivity contribution in [2.75, 3.05) is 25.1 Å². The summed E-state index contributed by atoms with van der Waals surface area (Å²) in [6.07, 6.45) is -0.353. The lowest BCUT2D eigenvalue weighted by atomic mass is 9.96. The Balaban J connectivity index is 6.68. The van der Waals surface area contributed by atoms with Gasteiger partial charge < -0.3 is 75.3 Å². The largest absolute Gasteiger partial charge is 0.481 e. The molecule has 0 spiro atoms. The van der Waals surface area contributed by atoms with Crippen molar-refractivity contribution in [2.24, 2.45) is 33.8 Å². The number of hydrogen-bond acceptors (Lipinski definition) is 14. The van der Waals surface area contributed by atoms with Crippen LogP contribution in [-0.2, 0) is 47.9 Å². The molecule has 0 aliphatic heterocycles. The number of guanidine groups is 1. The molecule has 0 aliphatic carbocycles. The van der Waals surface area contributed by atoms with Gasteiger partial charge in [0.1, 0.15) is 36.3 Å². The standard InChI is InChI=1S/C36H63N11O14S/c1-4-18(2)28(47-33(58)23(12-15-62-3)42-29(54)19(38)16-26(50)51)34(59)45-21(9-7-14-41-36(39)40)30(55)44-22(10-11-25(48)49)32(57)43-20(8-5-6-13-37)31(56)46-24(35(60)61)17-27(52)53/h18-24,28H,4-17,37-38H2,1-3H3,(H,42,54)(H,43,57)(H,44,55)(H,45,59)(H,46,56)(H,47,58)(H,48,49)(H,50,51)(H,52,53)(H,60,61)(H4,39,40,41). The summed E-state index contributed by atoms with van der Waals surface area (Å²) in [5, 5.41) is 51.4. The molecule has 18 N–H and O–H groups in total. The summed E-state index contributed by atoms with van der Waals surface area (Å²) < 4.78 is 0. The van der Waals surface area contributed by atoms with Gasteiger partial charge in [0.05, 0.1) is 18.9 Å². The molecule has 25 nitrogen and oxygen atoms in total. The van der Waals surface area contributed by atoms with E-state index < -0.39 is 133 Å². The number of rotatable bonds is 33. The van der Waals surface area contributed by atoms with Crippen LogP contribution < -0.4 is 54.8 Å². The molecule has 0 saturated carbocycles. The van der Waals surface area contributed by atoms with Crippen LogP contribution in [0.4, 0.5) is 0 Å². The van der Waals surface area contributed by atoms with Crippen molar-refractivity contribution >= 4 is 77.0 Å². The Kier molecular flexibility index (Phi) is 27.5. The number of hydrogen-bond donors (Lipinski definition) is 14. The minimum absolute atomic E-state index is 0.0178. The quantitative estimate of drug-likeness (QED) is 0.0170. The van der Waals surface area contributed by atoms with E-state index in [1.54, 1.807) is 20.1 Å². The van der Waals surface area contributed by atoms with Crippen LogP contribution in [0, 0.1) is 5.92 Å². The van der Waals surface area contributed by atoms with Crippen LogP contribution in [0.2, 0.25) is 0 Å². The number of amides is 6. The van der Waals surface area contributed by atoms with E-state index in [0.29, 0.717) is 18.6 Å². The molecular formula is C36H63N11O14S. The summed E-state index contributed by atoms with van der Waals surface area (Å²) in [6.45, 7) is 3.52. The highest BCUT2D eigenvalue weighted by Crippen LogP contribution is 2.13. The van der Waals surface area contributed by atoms with Gasteiger partial charge in [-0.3, -0.25) is 48.1 Å². The molecule has 62 heavy (non-hydrogen) atoms. The highest BCUT2D eigenvalue weighted by Gasteiger charge is 2.35. The van der Waals surface area contributed by atoms with Crippen molar-refractivity contribution in [1.82, 2.24) is 31.9 Å².